The first-order chi connectivity index (χ1) is 11.4. The molecule has 0 radical (unpaired) electrons. The van der Waals surface area contributed by atoms with Crippen LogP contribution in [0, 0.1) is 5.92 Å². The summed E-state index contributed by atoms with van der Waals surface area (Å²) in [5.41, 5.74) is 1.52. The molecule has 1 aromatic rings. The standard InChI is InChI=1S/C17H23N3O4/c1-11(2)20-10-13(8-15(20)21)16(22)18-9-12-4-6-14(7-5-12)19-17(23)24-3/h4-7,11,13H,8-10H2,1-3H3,(H,18,22)(H,19,23). The van der Waals surface area contributed by atoms with Crippen LogP contribution in [-0.4, -0.2) is 42.5 Å². The molecule has 0 bridgehead atoms. The van der Waals surface area contributed by atoms with Crippen molar-refractivity contribution in [1.82, 2.24) is 10.2 Å². The van der Waals surface area contributed by atoms with Gasteiger partial charge in [0.15, 0.2) is 0 Å². The van der Waals surface area contributed by atoms with E-state index in [-0.39, 0.29) is 30.2 Å². The van der Waals surface area contributed by atoms with Crippen LogP contribution in [0.1, 0.15) is 25.8 Å². The fourth-order valence-corrected chi connectivity index (χ4v) is 2.61. The molecule has 2 N–H and O–H groups in total. The summed E-state index contributed by atoms with van der Waals surface area (Å²) in [6, 6.07) is 7.21. The normalized spacial score (nSPS) is 17.1. The van der Waals surface area contributed by atoms with Crippen LogP contribution in [0.3, 0.4) is 0 Å². The highest BCUT2D eigenvalue weighted by Gasteiger charge is 2.35. The van der Waals surface area contributed by atoms with Gasteiger partial charge >= 0.3 is 6.09 Å². The second-order valence-corrected chi connectivity index (χ2v) is 6.07. The van der Waals surface area contributed by atoms with Crippen molar-refractivity contribution >= 4 is 23.6 Å². The molecule has 0 aromatic heterocycles. The van der Waals surface area contributed by atoms with E-state index < -0.39 is 6.09 Å². The van der Waals surface area contributed by atoms with E-state index in [4.69, 9.17) is 0 Å². The summed E-state index contributed by atoms with van der Waals surface area (Å²) in [5.74, 6) is -0.369. The topological polar surface area (TPSA) is 87.7 Å². The number of methoxy groups -OCH3 is 1. The third kappa shape index (κ3) is 4.47. The van der Waals surface area contributed by atoms with Gasteiger partial charge in [0.05, 0.1) is 13.0 Å². The molecule has 0 aliphatic carbocycles. The van der Waals surface area contributed by atoms with Crippen LogP contribution in [-0.2, 0) is 20.9 Å². The number of rotatable bonds is 5. The van der Waals surface area contributed by atoms with Crippen LogP contribution < -0.4 is 10.6 Å². The second kappa shape index (κ2) is 7.81. The molecule has 1 aliphatic heterocycles. The van der Waals surface area contributed by atoms with Crippen LogP contribution in [0.4, 0.5) is 10.5 Å². The Hall–Kier alpha value is -2.57. The van der Waals surface area contributed by atoms with Gasteiger partial charge in [-0.3, -0.25) is 14.9 Å². The lowest BCUT2D eigenvalue weighted by atomic mass is 10.1. The van der Waals surface area contributed by atoms with Gasteiger partial charge in [0.2, 0.25) is 11.8 Å². The maximum Gasteiger partial charge on any atom is 0.411 e. The Morgan fingerprint density at radius 1 is 1.29 bits per heavy atom. The Kier molecular flexibility index (Phi) is 5.78. The number of ether oxygens (including phenoxy) is 1. The van der Waals surface area contributed by atoms with Gasteiger partial charge in [0.25, 0.3) is 0 Å². The summed E-state index contributed by atoms with van der Waals surface area (Å²) < 4.78 is 4.52. The van der Waals surface area contributed by atoms with Crippen LogP contribution in [0.25, 0.3) is 0 Å². The fourth-order valence-electron chi connectivity index (χ4n) is 2.61. The van der Waals surface area contributed by atoms with E-state index >= 15 is 0 Å². The van der Waals surface area contributed by atoms with Crippen LogP contribution in [0.5, 0.6) is 0 Å². The summed E-state index contributed by atoms with van der Waals surface area (Å²) in [5, 5.41) is 5.42. The number of benzene rings is 1. The van der Waals surface area contributed by atoms with Gasteiger partial charge in [0, 0.05) is 31.2 Å². The molecule has 1 heterocycles. The molecule has 1 aromatic carbocycles. The molecule has 2 rings (SSSR count). The molecule has 1 atom stereocenters. The lowest BCUT2D eigenvalue weighted by Gasteiger charge is -2.20. The number of likely N-dealkylation sites (tertiary alicyclic amines) is 1. The van der Waals surface area contributed by atoms with Gasteiger partial charge in [-0.15, -0.1) is 0 Å². The average Bonchev–Trinajstić information content (AvgIpc) is 2.96. The number of nitrogens with one attached hydrogen (secondary N) is 2. The summed E-state index contributed by atoms with van der Waals surface area (Å²) in [7, 11) is 1.30. The lowest BCUT2D eigenvalue weighted by Crippen LogP contribution is -2.35. The molecule has 7 nitrogen and oxygen atoms in total. The number of hydrogen-bond donors (Lipinski definition) is 2. The zero-order valence-corrected chi connectivity index (χ0v) is 14.2. The molecule has 0 spiro atoms. The number of carbonyl (C=O) groups is 3. The Morgan fingerprint density at radius 2 is 1.96 bits per heavy atom. The number of nitrogens with zero attached hydrogens (tertiary/aromatic N) is 1. The molecule has 3 amide bonds. The van der Waals surface area contributed by atoms with Crippen molar-refractivity contribution in [2.24, 2.45) is 5.92 Å². The zero-order valence-electron chi connectivity index (χ0n) is 14.2. The molecule has 1 fully saturated rings. The van der Waals surface area contributed by atoms with Crippen LogP contribution in [0.2, 0.25) is 0 Å². The smallest absolute Gasteiger partial charge is 0.411 e. The second-order valence-electron chi connectivity index (χ2n) is 6.07. The molecule has 0 saturated carbocycles. The van der Waals surface area contributed by atoms with E-state index in [1.54, 1.807) is 17.0 Å². The summed E-state index contributed by atoms with van der Waals surface area (Å²) in [6.07, 6.45) is -0.261. The first-order valence-corrected chi connectivity index (χ1v) is 7.91. The minimum absolute atomic E-state index is 0.0309. The van der Waals surface area contributed by atoms with Crippen LogP contribution in [0.15, 0.2) is 24.3 Å². The number of carbonyl (C=O) groups excluding carboxylic acids is 3. The van der Waals surface area contributed by atoms with E-state index in [0.717, 1.165) is 5.56 Å². The quantitative estimate of drug-likeness (QED) is 0.859. The Balaban J connectivity index is 1.84. The summed E-state index contributed by atoms with van der Waals surface area (Å²) in [6.45, 7) is 4.75. The monoisotopic (exact) mass is 333 g/mol. The van der Waals surface area contributed by atoms with E-state index in [9.17, 15) is 14.4 Å². The van der Waals surface area contributed by atoms with Gasteiger partial charge < -0.3 is 15.0 Å². The van der Waals surface area contributed by atoms with Crippen molar-refractivity contribution in [2.45, 2.75) is 32.9 Å². The van der Waals surface area contributed by atoms with E-state index in [1.165, 1.54) is 7.11 Å². The van der Waals surface area contributed by atoms with Crippen molar-refractivity contribution in [1.29, 1.82) is 0 Å². The molecule has 130 valence electrons. The van der Waals surface area contributed by atoms with Gasteiger partial charge in [-0.2, -0.15) is 0 Å². The molecule has 1 unspecified atom stereocenters. The highest BCUT2D eigenvalue weighted by Crippen LogP contribution is 2.20. The van der Waals surface area contributed by atoms with Crippen LogP contribution >= 0.6 is 0 Å². The van der Waals surface area contributed by atoms with E-state index in [1.807, 2.05) is 26.0 Å². The van der Waals surface area contributed by atoms with E-state index in [0.29, 0.717) is 18.8 Å². The van der Waals surface area contributed by atoms with Gasteiger partial charge in [-0.1, -0.05) is 12.1 Å². The average molecular weight is 333 g/mol. The predicted molar refractivity (Wildman–Crippen MR) is 89.3 cm³/mol. The largest absolute Gasteiger partial charge is 0.453 e. The first kappa shape index (κ1) is 17.8. The van der Waals surface area contributed by atoms with Gasteiger partial charge in [0.1, 0.15) is 0 Å². The molecule has 1 aliphatic rings. The van der Waals surface area contributed by atoms with E-state index in [2.05, 4.69) is 15.4 Å². The minimum atomic E-state index is -0.531. The van der Waals surface area contributed by atoms with Crippen molar-refractivity contribution in [2.75, 3.05) is 19.0 Å². The van der Waals surface area contributed by atoms with Crippen molar-refractivity contribution < 1.29 is 19.1 Å². The first-order valence-electron chi connectivity index (χ1n) is 7.91. The van der Waals surface area contributed by atoms with Crippen molar-refractivity contribution in [3.63, 3.8) is 0 Å². The van der Waals surface area contributed by atoms with Crippen molar-refractivity contribution in [3.05, 3.63) is 29.8 Å². The molecule has 1 saturated heterocycles. The third-order valence-corrected chi connectivity index (χ3v) is 4.01. The molecule has 24 heavy (non-hydrogen) atoms. The third-order valence-electron chi connectivity index (χ3n) is 4.01. The molecular weight excluding hydrogens is 310 g/mol. The predicted octanol–water partition coefficient (Wildman–Crippen LogP) is 1.74. The highest BCUT2D eigenvalue weighted by atomic mass is 16.5. The highest BCUT2D eigenvalue weighted by molar-refractivity contribution is 5.89. The Morgan fingerprint density at radius 3 is 2.50 bits per heavy atom. The minimum Gasteiger partial charge on any atom is -0.453 e. The van der Waals surface area contributed by atoms with Gasteiger partial charge in [-0.05, 0) is 31.5 Å². The fraction of sp³-hybridized carbons (Fsp3) is 0.471. The number of anilines is 1. The zero-order chi connectivity index (χ0) is 17.7. The summed E-state index contributed by atoms with van der Waals surface area (Å²) in [4.78, 5) is 36.9. The maximum absolute atomic E-state index is 12.2. The van der Waals surface area contributed by atoms with Crippen molar-refractivity contribution in [3.8, 4) is 0 Å². The SMILES string of the molecule is COC(=O)Nc1ccc(CNC(=O)C2CC(=O)N(C(C)C)C2)cc1. The maximum atomic E-state index is 12.2. The Labute approximate surface area is 141 Å². The van der Waals surface area contributed by atoms with Gasteiger partial charge in [-0.25, -0.2) is 4.79 Å². The number of hydrogen-bond acceptors (Lipinski definition) is 4. The summed E-state index contributed by atoms with van der Waals surface area (Å²) >= 11 is 0. The number of amides is 3. The lowest BCUT2D eigenvalue weighted by molar-refractivity contribution is -0.130. The molecule has 7 heteroatoms. The Bertz CT molecular complexity index is 613. The molecular formula is C17H23N3O4.